The summed E-state index contributed by atoms with van der Waals surface area (Å²) in [6, 6.07) is 4.79. The Bertz CT molecular complexity index is 545. The van der Waals surface area contributed by atoms with Crippen molar-refractivity contribution in [3.8, 4) is 0 Å². The second-order valence-electron chi connectivity index (χ2n) is 6.54. The maximum absolute atomic E-state index is 13.2. The number of nitrogens with one attached hydrogen (secondary N) is 2. The Kier molecular flexibility index (Phi) is 5.45. The summed E-state index contributed by atoms with van der Waals surface area (Å²) < 4.78 is 19.2. The fraction of sp³-hybridized carbons (Fsp3) is 0.562. The molecule has 0 aromatic heterocycles. The number of carbonyl (C=O) groups excluding carboxylic acids is 1. The van der Waals surface area contributed by atoms with E-state index in [4.69, 9.17) is 4.74 Å². The molecule has 0 bridgehead atoms. The summed E-state index contributed by atoms with van der Waals surface area (Å²) in [5.74, 6) is -0.269. The van der Waals surface area contributed by atoms with E-state index in [9.17, 15) is 9.18 Å². The lowest BCUT2D eigenvalue weighted by molar-refractivity contribution is 0.0490. The molecule has 6 heteroatoms. The minimum Gasteiger partial charge on any atom is -0.444 e. The van der Waals surface area contributed by atoms with Gasteiger partial charge in [0.05, 0.1) is 0 Å². The van der Waals surface area contributed by atoms with Crippen LogP contribution in [-0.4, -0.2) is 24.3 Å². The molecule has 1 fully saturated rings. The van der Waals surface area contributed by atoms with Crippen LogP contribution in [0.4, 0.5) is 9.18 Å². The van der Waals surface area contributed by atoms with Gasteiger partial charge in [-0.15, -0.1) is 0 Å². The van der Waals surface area contributed by atoms with Gasteiger partial charge in [0.2, 0.25) is 0 Å². The van der Waals surface area contributed by atoms with Crippen molar-refractivity contribution in [2.75, 3.05) is 6.54 Å². The Morgan fingerprint density at radius 3 is 2.82 bits per heavy atom. The van der Waals surface area contributed by atoms with Crippen molar-refractivity contribution in [1.29, 1.82) is 0 Å². The number of ether oxygens (including phenoxy) is 1. The SMILES string of the molecule is CC(C)(C)OC(=O)NC1CCNC(c2ccc(F)cc2Br)C1. The van der Waals surface area contributed by atoms with Crippen LogP contribution >= 0.6 is 15.9 Å². The Labute approximate surface area is 138 Å². The van der Waals surface area contributed by atoms with Crippen LogP contribution < -0.4 is 10.6 Å². The van der Waals surface area contributed by atoms with Gasteiger partial charge in [0.15, 0.2) is 0 Å². The number of alkyl carbamates (subject to hydrolysis) is 1. The van der Waals surface area contributed by atoms with Crippen LogP contribution in [0.5, 0.6) is 0 Å². The highest BCUT2D eigenvalue weighted by Crippen LogP contribution is 2.30. The molecule has 1 heterocycles. The number of amides is 1. The fourth-order valence-electron chi connectivity index (χ4n) is 2.54. The average Bonchev–Trinajstić information content (AvgIpc) is 2.36. The fourth-order valence-corrected chi connectivity index (χ4v) is 3.17. The molecule has 4 nitrogen and oxygen atoms in total. The highest BCUT2D eigenvalue weighted by atomic mass is 79.9. The molecule has 2 unspecified atom stereocenters. The first-order valence-electron chi connectivity index (χ1n) is 7.42. The lowest BCUT2D eigenvalue weighted by atomic mass is 9.94. The van der Waals surface area contributed by atoms with Crippen molar-refractivity contribution in [1.82, 2.24) is 10.6 Å². The first kappa shape index (κ1) is 17.2. The van der Waals surface area contributed by atoms with E-state index in [1.807, 2.05) is 20.8 Å². The first-order valence-corrected chi connectivity index (χ1v) is 8.22. The number of halogens is 2. The number of benzene rings is 1. The smallest absolute Gasteiger partial charge is 0.407 e. The van der Waals surface area contributed by atoms with Gasteiger partial charge >= 0.3 is 6.09 Å². The summed E-state index contributed by atoms with van der Waals surface area (Å²) in [4.78, 5) is 11.9. The third-order valence-electron chi connectivity index (χ3n) is 3.46. The van der Waals surface area contributed by atoms with Gasteiger partial charge in [0.25, 0.3) is 0 Å². The Morgan fingerprint density at radius 1 is 1.45 bits per heavy atom. The lowest BCUT2D eigenvalue weighted by Gasteiger charge is -2.32. The van der Waals surface area contributed by atoms with Crippen molar-refractivity contribution in [3.63, 3.8) is 0 Å². The molecule has 0 spiro atoms. The van der Waals surface area contributed by atoms with Gasteiger partial charge in [-0.25, -0.2) is 9.18 Å². The summed E-state index contributed by atoms with van der Waals surface area (Å²) in [6.07, 6.45) is 1.19. The molecule has 0 aliphatic carbocycles. The van der Waals surface area contributed by atoms with Gasteiger partial charge in [-0.1, -0.05) is 22.0 Å². The second kappa shape index (κ2) is 6.96. The molecule has 1 saturated heterocycles. The molecule has 0 radical (unpaired) electrons. The predicted molar refractivity (Wildman–Crippen MR) is 87.2 cm³/mol. The molecule has 2 rings (SSSR count). The van der Waals surface area contributed by atoms with Crippen LogP contribution in [0.15, 0.2) is 22.7 Å². The van der Waals surface area contributed by atoms with E-state index in [0.717, 1.165) is 29.4 Å². The van der Waals surface area contributed by atoms with E-state index in [2.05, 4.69) is 26.6 Å². The largest absolute Gasteiger partial charge is 0.444 e. The van der Waals surface area contributed by atoms with Crippen molar-refractivity contribution >= 4 is 22.0 Å². The molecule has 22 heavy (non-hydrogen) atoms. The maximum atomic E-state index is 13.2. The number of hydrogen-bond donors (Lipinski definition) is 2. The minimum atomic E-state index is -0.504. The standard InChI is InChI=1S/C16H22BrFN2O2/c1-16(2,3)22-15(21)20-11-6-7-19-14(9-11)12-5-4-10(18)8-13(12)17/h4-5,8,11,14,19H,6-7,9H2,1-3H3,(H,20,21). The molecular weight excluding hydrogens is 351 g/mol. The predicted octanol–water partition coefficient (Wildman–Crippen LogP) is 3.91. The van der Waals surface area contributed by atoms with E-state index >= 15 is 0 Å². The zero-order valence-electron chi connectivity index (χ0n) is 13.1. The summed E-state index contributed by atoms with van der Waals surface area (Å²) in [6.45, 7) is 6.31. The highest BCUT2D eigenvalue weighted by Gasteiger charge is 2.27. The third kappa shape index (κ3) is 4.95. The minimum absolute atomic E-state index is 0.0399. The average molecular weight is 373 g/mol. The number of hydrogen-bond acceptors (Lipinski definition) is 3. The summed E-state index contributed by atoms with van der Waals surface area (Å²) in [5, 5.41) is 6.32. The molecule has 1 amide bonds. The van der Waals surface area contributed by atoms with E-state index in [1.165, 1.54) is 12.1 Å². The van der Waals surface area contributed by atoms with Gasteiger partial charge in [-0.05, 0) is 57.9 Å². The number of piperidine rings is 1. The number of rotatable bonds is 2. The highest BCUT2D eigenvalue weighted by molar-refractivity contribution is 9.10. The van der Waals surface area contributed by atoms with E-state index in [0.29, 0.717) is 0 Å². The molecule has 2 atom stereocenters. The van der Waals surface area contributed by atoms with Gasteiger partial charge in [-0.3, -0.25) is 0 Å². The normalized spacial score (nSPS) is 22.2. The van der Waals surface area contributed by atoms with Crippen LogP contribution in [0.2, 0.25) is 0 Å². The second-order valence-corrected chi connectivity index (χ2v) is 7.39. The van der Waals surface area contributed by atoms with Gasteiger partial charge in [0, 0.05) is 16.6 Å². The van der Waals surface area contributed by atoms with Gasteiger partial charge in [-0.2, -0.15) is 0 Å². The van der Waals surface area contributed by atoms with E-state index in [-0.39, 0.29) is 17.9 Å². The zero-order valence-corrected chi connectivity index (χ0v) is 14.7. The maximum Gasteiger partial charge on any atom is 0.407 e. The van der Waals surface area contributed by atoms with Crippen LogP contribution in [0.3, 0.4) is 0 Å². The summed E-state index contributed by atoms with van der Waals surface area (Å²) >= 11 is 3.40. The molecule has 122 valence electrons. The molecule has 1 aliphatic rings. The molecule has 1 aromatic carbocycles. The van der Waals surface area contributed by atoms with Gasteiger partial charge in [0.1, 0.15) is 11.4 Å². The van der Waals surface area contributed by atoms with E-state index in [1.54, 1.807) is 6.07 Å². The molecule has 2 N–H and O–H groups in total. The Balaban J connectivity index is 1.98. The van der Waals surface area contributed by atoms with Crippen molar-refractivity contribution in [2.24, 2.45) is 0 Å². The van der Waals surface area contributed by atoms with Crippen molar-refractivity contribution in [2.45, 2.75) is 51.3 Å². The van der Waals surface area contributed by atoms with Crippen molar-refractivity contribution in [3.05, 3.63) is 34.1 Å². The molecule has 1 aromatic rings. The quantitative estimate of drug-likeness (QED) is 0.827. The molecule has 1 aliphatic heterocycles. The molecular formula is C16H22BrFN2O2. The Morgan fingerprint density at radius 2 is 2.18 bits per heavy atom. The van der Waals surface area contributed by atoms with Crippen LogP contribution in [-0.2, 0) is 4.74 Å². The molecule has 0 saturated carbocycles. The summed E-state index contributed by atoms with van der Waals surface area (Å²) in [7, 11) is 0. The van der Waals surface area contributed by atoms with Crippen LogP contribution in [0.25, 0.3) is 0 Å². The number of carbonyl (C=O) groups is 1. The summed E-state index contributed by atoms with van der Waals surface area (Å²) in [5.41, 5.74) is 0.494. The topological polar surface area (TPSA) is 50.4 Å². The lowest BCUT2D eigenvalue weighted by Crippen LogP contribution is -2.45. The first-order chi connectivity index (χ1) is 10.2. The van der Waals surface area contributed by atoms with Crippen LogP contribution in [0.1, 0.15) is 45.2 Å². The van der Waals surface area contributed by atoms with Crippen molar-refractivity contribution < 1.29 is 13.9 Å². The Hall–Kier alpha value is -1.14. The third-order valence-corrected chi connectivity index (χ3v) is 4.15. The zero-order chi connectivity index (χ0) is 16.3. The monoisotopic (exact) mass is 372 g/mol. The van der Waals surface area contributed by atoms with E-state index < -0.39 is 11.7 Å². The van der Waals surface area contributed by atoms with Gasteiger partial charge < -0.3 is 15.4 Å². The van der Waals surface area contributed by atoms with Crippen LogP contribution in [0, 0.1) is 5.82 Å².